The number of carbonyl (C=O) groups excluding carboxylic acids is 2. The van der Waals surface area contributed by atoms with E-state index in [0.29, 0.717) is 5.56 Å². The number of likely N-dealkylation sites (tertiary alicyclic amines) is 1. The largest absolute Gasteiger partial charge is 0.444 e. The fraction of sp³-hybridized carbons (Fsp3) is 0.600. The van der Waals surface area contributed by atoms with Crippen LogP contribution in [0.5, 0.6) is 0 Å². The van der Waals surface area contributed by atoms with E-state index in [1.54, 1.807) is 10.7 Å². The number of amides is 1. The fourth-order valence-electron chi connectivity index (χ4n) is 4.45. The van der Waals surface area contributed by atoms with Crippen LogP contribution in [0.25, 0.3) is 5.65 Å². The predicted octanol–water partition coefficient (Wildman–Crippen LogP) is 2.91. The molecule has 4 heterocycles. The maximum atomic E-state index is 12.7. The standard InChI is InChI=1S/C20H27N5O3/c1-19(2,3)28-18(27)24-8-4-5-20(24)6-9-23(10-7-20)16-11-15(13-26)12-25-17(16)21-14-22-25/h11-14H,4-10H2,1-3H3. The van der Waals surface area contributed by atoms with Gasteiger partial charge in [0.2, 0.25) is 0 Å². The van der Waals surface area contributed by atoms with Crippen molar-refractivity contribution in [1.82, 2.24) is 19.5 Å². The summed E-state index contributed by atoms with van der Waals surface area (Å²) in [6.07, 6.45) is 7.57. The molecule has 2 aromatic rings. The second-order valence-corrected chi connectivity index (χ2v) is 8.75. The Morgan fingerprint density at radius 1 is 1.21 bits per heavy atom. The lowest BCUT2D eigenvalue weighted by Crippen LogP contribution is -2.55. The van der Waals surface area contributed by atoms with Crippen molar-refractivity contribution >= 4 is 23.7 Å². The Hall–Kier alpha value is -2.64. The minimum Gasteiger partial charge on any atom is -0.444 e. The molecule has 0 aliphatic carbocycles. The first-order chi connectivity index (χ1) is 13.3. The molecule has 2 saturated heterocycles. The Morgan fingerprint density at radius 2 is 1.96 bits per heavy atom. The van der Waals surface area contributed by atoms with Crippen LogP contribution in [-0.4, -0.2) is 62.7 Å². The summed E-state index contributed by atoms with van der Waals surface area (Å²) in [5, 5.41) is 4.17. The lowest BCUT2D eigenvalue weighted by Gasteiger charge is -2.45. The number of nitrogens with zero attached hydrogens (tertiary/aromatic N) is 5. The number of aldehydes is 1. The number of ether oxygens (including phenoxy) is 1. The van der Waals surface area contributed by atoms with E-state index in [-0.39, 0.29) is 11.6 Å². The highest BCUT2D eigenvalue weighted by Gasteiger charge is 2.47. The van der Waals surface area contributed by atoms with Crippen molar-refractivity contribution in [1.29, 1.82) is 0 Å². The van der Waals surface area contributed by atoms with Gasteiger partial charge in [-0.3, -0.25) is 4.79 Å². The van der Waals surface area contributed by atoms with Crippen LogP contribution in [-0.2, 0) is 4.74 Å². The molecule has 2 aliphatic rings. The van der Waals surface area contributed by atoms with E-state index in [2.05, 4.69) is 15.0 Å². The molecule has 2 fully saturated rings. The van der Waals surface area contributed by atoms with Crippen LogP contribution in [0.4, 0.5) is 10.5 Å². The molecule has 8 nitrogen and oxygen atoms in total. The van der Waals surface area contributed by atoms with Gasteiger partial charge in [-0.05, 0) is 52.5 Å². The van der Waals surface area contributed by atoms with Crippen LogP contribution in [0.2, 0.25) is 0 Å². The molecule has 1 spiro atoms. The Bertz CT molecular complexity index is 893. The summed E-state index contributed by atoms with van der Waals surface area (Å²) < 4.78 is 7.30. The van der Waals surface area contributed by atoms with Gasteiger partial charge in [0, 0.05) is 36.9 Å². The number of rotatable bonds is 2. The molecular formula is C20H27N5O3. The van der Waals surface area contributed by atoms with Gasteiger partial charge in [-0.25, -0.2) is 14.3 Å². The molecule has 28 heavy (non-hydrogen) atoms. The molecule has 8 heteroatoms. The van der Waals surface area contributed by atoms with E-state index < -0.39 is 5.60 Å². The Labute approximate surface area is 164 Å². The van der Waals surface area contributed by atoms with E-state index in [1.165, 1.54) is 6.33 Å². The minimum atomic E-state index is -0.490. The van der Waals surface area contributed by atoms with Crippen molar-refractivity contribution in [2.45, 2.75) is 57.6 Å². The van der Waals surface area contributed by atoms with Gasteiger partial charge >= 0.3 is 6.09 Å². The van der Waals surface area contributed by atoms with Gasteiger partial charge in [-0.2, -0.15) is 5.10 Å². The number of hydrogen-bond acceptors (Lipinski definition) is 6. The smallest absolute Gasteiger partial charge is 0.410 e. The fourth-order valence-corrected chi connectivity index (χ4v) is 4.45. The first kappa shape index (κ1) is 18.7. The first-order valence-corrected chi connectivity index (χ1v) is 9.85. The van der Waals surface area contributed by atoms with Crippen molar-refractivity contribution in [2.24, 2.45) is 0 Å². The minimum absolute atomic E-state index is 0.134. The maximum absolute atomic E-state index is 12.7. The van der Waals surface area contributed by atoms with E-state index in [1.807, 2.05) is 31.7 Å². The van der Waals surface area contributed by atoms with Crippen molar-refractivity contribution in [3.05, 3.63) is 24.2 Å². The third-order valence-corrected chi connectivity index (χ3v) is 5.76. The van der Waals surface area contributed by atoms with Crippen LogP contribution in [0.3, 0.4) is 0 Å². The maximum Gasteiger partial charge on any atom is 0.410 e. The van der Waals surface area contributed by atoms with Crippen LogP contribution < -0.4 is 4.90 Å². The van der Waals surface area contributed by atoms with Crippen LogP contribution in [0.1, 0.15) is 56.8 Å². The Morgan fingerprint density at radius 3 is 2.64 bits per heavy atom. The summed E-state index contributed by atoms with van der Waals surface area (Å²) in [5.74, 6) is 0. The molecule has 150 valence electrons. The highest BCUT2D eigenvalue weighted by atomic mass is 16.6. The van der Waals surface area contributed by atoms with E-state index in [4.69, 9.17) is 4.74 Å². The number of carbonyl (C=O) groups is 2. The third-order valence-electron chi connectivity index (χ3n) is 5.76. The zero-order valence-corrected chi connectivity index (χ0v) is 16.7. The summed E-state index contributed by atoms with van der Waals surface area (Å²) in [5.41, 5.74) is 1.61. The molecule has 0 radical (unpaired) electrons. The molecule has 0 saturated carbocycles. The average molecular weight is 385 g/mol. The molecule has 1 amide bonds. The van der Waals surface area contributed by atoms with E-state index in [0.717, 1.165) is 62.9 Å². The highest BCUT2D eigenvalue weighted by Crippen LogP contribution is 2.40. The van der Waals surface area contributed by atoms with E-state index >= 15 is 0 Å². The summed E-state index contributed by atoms with van der Waals surface area (Å²) in [4.78, 5) is 32.6. The molecule has 2 aliphatic heterocycles. The molecular weight excluding hydrogens is 358 g/mol. The summed E-state index contributed by atoms with van der Waals surface area (Å²) >= 11 is 0. The molecule has 0 aromatic carbocycles. The van der Waals surface area contributed by atoms with Gasteiger partial charge in [0.25, 0.3) is 0 Å². The first-order valence-electron chi connectivity index (χ1n) is 9.85. The number of pyridine rings is 1. The summed E-state index contributed by atoms with van der Waals surface area (Å²) in [6.45, 7) is 8.05. The predicted molar refractivity (Wildman–Crippen MR) is 105 cm³/mol. The van der Waals surface area contributed by atoms with Crippen molar-refractivity contribution in [2.75, 3.05) is 24.5 Å². The van der Waals surface area contributed by atoms with Crippen LogP contribution in [0.15, 0.2) is 18.6 Å². The number of anilines is 1. The number of aromatic nitrogens is 3. The van der Waals surface area contributed by atoms with Gasteiger partial charge < -0.3 is 14.5 Å². The molecule has 0 unspecified atom stereocenters. The Balaban J connectivity index is 1.54. The number of hydrogen-bond donors (Lipinski definition) is 0. The second-order valence-electron chi connectivity index (χ2n) is 8.75. The summed E-state index contributed by atoms with van der Waals surface area (Å²) in [7, 11) is 0. The van der Waals surface area contributed by atoms with Gasteiger partial charge in [0.15, 0.2) is 11.9 Å². The lowest BCUT2D eigenvalue weighted by atomic mass is 9.85. The molecule has 2 aromatic heterocycles. The van der Waals surface area contributed by atoms with Gasteiger partial charge in [0.1, 0.15) is 11.9 Å². The lowest BCUT2D eigenvalue weighted by molar-refractivity contribution is 0.00321. The quantitative estimate of drug-likeness (QED) is 0.740. The van der Waals surface area contributed by atoms with Crippen molar-refractivity contribution in [3.8, 4) is 0 Å². The second kappa shape index (κ2) is 6.76. The van der Waals surface area contributed by atoms with Gasteiger partial charge in [0.05, 0.1) is 5.69 Å². The molecule has 0 N–H and O–H groups in total. The van der Waals surface area contributed by atoms with Crippen LogP contribution >= 0.6 is 0 Å². The monoisotopic (exact) mass is 385 g/mol. The third kappa shape index (κ3) is 3.31. The van der Waals surface area contributed by atoms with Gasteiger partial charge in [-0.1, -0.05) is 0 Å². The van der Waals surface area contributed by atoms with Crippen molar-refractivity contribution < 1.29 is 14.3 Å². The molecule has 0 bridgehead atoms. The van der Waals surface area contributed by atoms with Crippen molar-refractivity contribution in [3.63, 3.8) is 0 Å². The highest BCUT2D eigenvalue weighted by molar-refractivity contribution is 5.81. The molecule has 4 rings (SSSR count). The Kier molecular flexibility index (Phi) is 4.51. The molecule has 0 atom stereocenters. The van der Waals surface area contributed by atoms with Gasteiger partial charge in [-0.15, -0.1) is 0 Å². The zero-order chi connectivity index (χ0) is 19.9. The normalized spacial score (nSPS) is 19.4. The number of piperidine rings is 1. The average Bonchev–Trinajstić information content (AvgIpc) is 3.27. The topological polar surface area (TPSA) is 80.0 Å². The van der Waals surface area contributed by atoms with E-state index in [9.17, 15) is 9.59 Å². The number of fused-ring (bicyclic) bond motifs is 1. The zero-order valence-electron chi connectivity index (χ0n) is 16.7. The summed E-state index contributed by atoms with van der Waals surface area (Å²) in [6, 6.07) is 1.87. The SMILES string of the molecule is CC(C)(C)OC(=O)N1CCCC12CCN(c1cc(C=O)cn3ncnc13)CC2. The van der Waals surface area contributed by atoms with Crippen LogP contribution in [0, 0.1) is 0 Å².